The Morgan fingerprint density at radius 1 is 1.43 bits per heavy atom. The number of hydrogen-bond donors (Lipinski definition) is 2. The Morgan fingerprint density at radius 3 is 2.96 bits per heavy atom. The highest BCUT2D eigenvalue weighted by Crippen LogP contribution is 2.20. The van der Waals surface area contributed by atoms with Gasteiger partial charge in [-0.05, 0) is 32.0 Å². The lowest BCUT2D eigenvalue weighted by Gasteiger charge is -2.23. The molecule has 1 atom stereocenters. The zero-order valence-corrected chi connectivity index (χ0v) is 13.9. The van der Waals surface area contributed by atoms with Crippen LogP contribution < -0.4 is 10.6 Å². The van der Waals surface area contributed by atoms with Gasteiger partial charge in [0.05, 0.1) is 12.7 Å². The molecule has 0 saturated carbocycles. The van der Waals surface area contributed by atoms with Gasteiger partial charge in [-0.2, -0.15) is 0 Å². The number of aryl methyl sites for hydroxylation is 1. The van der Waals surface area contributed by atoms with Crippen molar-refractivity contribution in [2.24, 2.45) is 0 Å². The monoisotopic (exact) mass is 321 g/mol. The van der Waals surface area contributed by atoms with E-state index in [0.29, 0.717) is 18.9 Å². The number of hydrogen-bond acceptors (Lipinski definition) is 5. The van der Waals surface area contributed by atoms with Crippen LogP contribution in [0.15, 0.2) is 10.5 Å². The molecule has 128 valence electrons. The zero-order chi connectivity index (χ0) is 16.1. The van der Waals surface area contributed by atoms with E-state index in [1.54, 1.807) is 0 Å². The maximum Gasteiger partial charge on any atom is 0.287 e. The van der Waals surface area contributed by atoms with Crippen LogP contribution >= 0.6 is 0 Å². The molecule has 6 heteroatoms. The van der Waals surface area contributed by atoms with Gasteiger partial charge in [0.15, 0.2) is 5.76 Å². The van der Waals surface area contributed by atoms with Crippen molar-refractivity contribution >= 4 is 5.91 Å². The van der Waals surface area contributed by atoms with Crippen LogP contribution in [-0.2, 0) is 17.7 Å². The molecule has 0 spiro atoms. The number of likely N-dealkylation sites (tertiary alicyclic amines) is 1. The van der Waals surface area contributed by atoms with Crippen molar-refractivity contribution in [2.75, 3.05) is 39.3 Å². The Balaban J connectivity index is 1.57. The average molecular weight is 321 g/mol. The van der Waals surface area contributed by atoms with Gasteiger partial charge in [0, 0.05) is 38.2 Å². The third kappa shape index (κ3) is 4.34. The van der Waals surface area contributed by atoms with Crippen LogP contribution in [-0.4, -0.2) is 56.2 Å². The standard InChI is InChI=1S/C17H27N3O3/c1-2-15-13(12-20-6-3-4-7-20)9-16(23-15)17(21)19-11-14-10-18-5-8-22-14/h9,14,18H,2-8,10-12H2,1H3,(H,19,21). The Kier molecular flexibility index (Phi) is 5.70. The van der Waals surface area contributed by atoms with Crippen molar-refractivity contribution in [3.05, 3.63) is 23.2 Å². The summed E-state index contributed by atoms with van der Waals surface area (Å²) in [5.41, 5.74) is 1.15. The van der Waals surface area contributed by atoms with Crippen molar-refractivity contribution in [2.45, 2.75) is 38.8 Å². The van der Waals surface area contributed by atoms with E-state index in [1.807, 2.05) is 6.07 Å². The third-order valence-corrected chi connectivity index (χ3v) is 4.53. The number of nitrogens with one attached hydrogen (secondary N) is 2. The highest BCUT2D eigenvalue weighted by molar-refractivity contribution is 5.91. The van der Waals surface area contributed by atoms with E-state index in [1.165, 1.54) is 12.8 Å². The summed E-state index contributed by atoms with van der Waals surface area (Å²) in [6, 6.07) is 1.91. The number of morpholine rings is 1. The minimum atomic E-state index is -0.151. The lowest BCUT2D eigenvalue weighted by Crippen LogP contribution is -2.45. The summed E-state index contributed by atoms with van der Waals surface area (Å²) >= 11 is 0. The molecule has 1 unspecified atom stereocenters. The predicted molar refractivity (Wildman–Crippen MR) is 87.5 cm³/mol. The molecule has 2 saturated heterocycles. The van der Waals surface area contributed by atoms with Crippen molar-refractivity contribution in [3.63, 3.8) is 0 Å². The topological polar surface area (TPSA) is 66.7 Å². The first-order valence-corrected chi connectivity index (χ1v) is 8.70. The smallest absolute Gasteiger partial charge is 0.287 e. The Morgan fingerprint density at radius 2 is 2.26 bits per heavy atom. The number of rotatable bonds is 6. The van der Waals surface area contributed by atoms with Crippen LogP contribution in [0.2, 0.25) is 0 Å². The summed E-state index contributed by atoms with van der Waals surface area (Å²) in [6.45, 7) is 8.09. The maximum absolute atomic E-state index is 12.3. The summed E-state index contributed by atoms with van der Waals surface area (Å²) in [4.78, 5) is 14.7. The molecular weight excluding hydrogens is 294 g/mol. The maximum atomic E-state index is 12.3. The molecule has 2 aliphatic heterocycles. The predicted octanol–water partition coefficient (Wildman–Crippen LogP) is 1.16. The Hall–Kier alpha value is -1.37. The molecule has 1 aromatic rings. The molecule has 3 heterocycles. The summed E-state index contributed by atoms with van der Waals surface area (Å²) in [5, 5.41) is 6.17. The van der Waals surface area contributed by atoms with E-state index < -0.39 is 0 Å². The largest absolute Gasteiger partial charge is 0.456 e. The van der Waals surface area contributed by atoms with Crippen molar-refractivity contribution in [1.29, 1.82) is 0 Å². The fourth-order valence-electron chi connectivity index (χ4n) is 3.24. The second kappa shape index (κ2) is 7.95. The van der Waals surface area contributed by atoms with E-state index in [-0.39, 0.29) is 12.0 Å². The molecule has 0 aliphatic carbocycles. The fourth-order valence-corrected chi connectivity index (χ4v) is 3.24. The van der Waals surface area contributed by atoms with Gasteiger partial charge in [-0.3, -0.25) is 9.69 Å². The van der Waals surface area contributed by atoms with Gasteiger partial charge < -0.3 is 19.8 Å². The highest BCUT2D eigenvalue weighted by atomic mass is 16.5. The van der Waals surface area contributed by atoms with E-state index >= 15 is 0 Å². The molecule has 0 bridgehead atoms. The van der Waals surface area contributed by atoms with Crippen LogP contribution in [0.1, 0.15) is 41.6 Å². The molecule has 3 rings (SSSR count). The molecule has 2 N–H and O–H groups in total. The highest BCUT2D eigenvalue weighted by Gasteiger charge is 2.21. The molecule has 1 amide bonds. The summed E-state index contributed by atoms with van der Waals surface area (Å²) < 4.78 is 11.4. The van der Waals surface area contributed by atoms with Crippen molar-refractivity contribution in [3.8, 4) is 0 Å². The molecule has 0 aromatic carbocycles. The first kappa shape index (κ1) is 16.5. The summed E-state index contributed by atoms with van der Waals surface area (Å²) in [7, 11) is 0. The van der Waals surface area contributed by atoms with Crippen LogP contribution in [0.4, 0.5) is 0 Å². The SMILES string of the molecule is CCc1oc(C(=O)NCC2CNCCO2)cc1CN1CCCC1. The number of carbonyl (C=O) groups excluding carboxylic acids is 1. The number of amides is 1. The van der Waals surface area contributed by atoms with Gasteiger partial charge in [0.25, 0.3) is 5.91 Å². The Labute approximate surface area is 137 Å². The van der Waals surface area contributed by atoms with Gasteiger partial charge >= 0.3 is 0 Å². The zero-order valence-electron chi connectivity index (χ0n) is 13.9. The fraction of sp³-hybridized carbons (Fsp3) is 0.706. The van der Waals surface area contributed by atoms with Gasteiger partial charge in [-0.25, -0.2) is 0 Å². The lowest BCUT2D eigenvalue weighted by molar-refractivity contribution is 0.0284. The summed E-state index contributed by atoms with van der Waals surface area (Å²) in [5.74, 6) is 1.19. The molecule has 2 aliphatic rings. The molecule has 23 heavy (non-hydrogen) atoms. The van der Waals surface area contributed by atoms with Crippen LogP contribution in [0.25, 0.3) is 0 Å². The summed E-state index contributed by atoms with van der Waals surface area (Å²) in [6.07, 6.45) is 3.38. The normalized spacial score (nSPS) is 22.4. The minimum absolute atomic E-state index is 0.0392. The first-order chi connectivity index (χ1) is 11.3. The average Bonchev–Trinajstić information content (AvgIpc) is 3.23. The van der Waals surface area contributed by atoms with E-state index in [0.717, 1.165) is 50.5 Å². The van der Waals surface area contributed by atoms with Crippen LogP contribution in [0.3, 0.4) is 0 Å². The van der Waals surface area contributed by atoms with Crippen LogP contribution in [0.5, 0.6) is 0 Å². The molecule has 0 radical (unpaired) electrons. The first-order valence-electron chi connectivity index (χ1n) is 8.70. The van der Waals surface area contributed by atoms with Gasteiger partial charge in [0.2, 0.25) is 0 Å². The molecule has 1 aromatic heterocycles. The molecule has 2 fully saturated rings. The second-order valence-corrected chi connectivity index (χ2v) is 6.30. The van der Waals surface area contributed by atoms with Crippen LogP contribution in [0, 0.1) is 0 Å². The van der Waals surface area contributed by atoms with E-state index in [9.17, 15) is 4.79 Å². The quantitative estimate of drug-likeness (QED) is 0.823. The van der Waals surface area contributed by atoms with Gasteiger partial charge in [-0.15, -0.1) is 0 Å². The number of ether oxygens (including phenoxy) is 1. The number of nitrogens with zero attached hydrogens (tertiary/aromatic N) is 1. The van der Waals surface area contributed by atoms with E-state index in [2.05, 4.69) is 22.5 Å². The Bertz CT molecular complexity index is 517. The van der Waals surface area contributed by atoms with Crippen molar-refractivity contribution < 1.29 is 13.9 Å². The lowest BCUT2D eigenvalue weighted by atomic mass is 10.2. The van der Waals surface area contributed by atoms with Gasteiger partial charge in [-0.1, -0.05) is 6.92 Å². The molecule has 6 nitrogen and oxygen atoms in total. The van der Waals surface area contributed by atoms with Gasteiger partial charge in [0.1, 0.15) is 5.76 Å². The third-order valence-electron chi connectivity index (χ3n) is 4.53. The van der Waals surface area contributed by atoms with E-state index in [4.69, 9.17) is 9.15 Å². The minimum Gasteiger partial charge on any atom is -0.456 e. The number of carbonyl (C=O) groups is 1. The molecular formula is C17H27N3O3. The second-order valence-electron chi connectivity index (χ2n) is 6.30. The number of furan rings is 1. The van der Waals surface area contributed by atoms with Crippen molar-refractivity contribution in [1.82, 2.24) is 15.5 Å².